The smallest absolute Gasteiger partial charge is 0.225 e. The van der Waals surface area contributed by atoms with Gasteiger partial charge in [-0.3, -0.25) is 4.79 Å². The highest BCUT2D eigenvalue weighted by Crippen LogP contribution is 2.13. The number of hydrogen-bond donors (Lipinski definition) is 2. The van der Waals surface area contributed by atoms with E-state index in [1.54, 1.807) is 0 Å². The fourth-order valence-electron chi connectivity index (χ4n) is 2.94. The fourth-order valence-corrected chi connectivity index (χ4v) is 2.94. The van der Waals surface area contributed by atoms with Gasteiger partial charge >= 0.3 is 0 Å². The summed E-state index contributed by atoms with van der Waals surface area (Å²) in [6, 6.07) is 8.68. The summed E-state index contributed by atoms with van der Waals surface area (Å²) in [4.78, 5) is 18.7. The molecule has 1 saturated heterocycles. The molecule has 1 aromatic rings. The van der Waals surface area contributed by atoms with Crippen LogP contribution in [0.2, 0.25) is 0 Å². The average molecular weight is 458 g/mol. The maximum atomic E-state index is 12.1. The minimum atomic E-state index is 0. The van der Waals surface area contributed by atoms with Crippen LogP contribution >= 0.6 is 24.0 Å². The molecule has 0 spiro atoms. The second-order valence-electron chi connectivity index (χ2n) is 6.75. The largest absolute Gasteiger partial charge is 0.357 e. The van der Waals surface area contributed by atoms with Crippen molar-refractivity contribution in [3.8, 4) is 0 Å². The molecule has 1 heterocycles. The van der Waals surface area contributed by atoms with Crippen LogP contribution in [-0.2, 0) is 11.3 Å². The van der Waals surface area contributed by atoms with E-state index >= 15 is 0 Å². The number of nitrogens with one attached hydrogen (secondary N) is 2. The van der Waals surface area contributed by atoms with E-state index in [9.17, 15) is 4.79 Å². The highest BCUT2D eigenvalue weighted by Gasteiger charge is 2.27. The van der Waals surface area contributed by atoms with E-state index in [4.69, 9.17) is 0 Å². The standard InChI is InChI=1S/C19H30N4O.HI/c1-5-20-19(21-12-16-8-6-7-15(4)11-16)22-17-9-10-23(13-17)18(24)14(2)3;/h6-8,11,14,17H,5,9-10,12-13H2,1-4H3,(H2,20,21,22);1H. The van der Waals surface area contributed by atoms with Crippen molar-refractivity contribution in [2.24, 2.45) is 10.9 Å². The minimum absolute atomic E-state index is 0. The maximum absolute atomic E-state index is 12.1. The first-order valence-electron chi connectivity index (χ1n) is 8.88. The molecule has 0 radical (unpaired) electrons. The summed E-state index contributed by atoms with van der Waals surface area (Å²) < 4.78 is 0. The van der Waals surface area contributed by atoms with E-state index in [0.29, 0.717) is 6.54 Å². The van der Waals surface area contributed by atoms with Crippen LogP contribution in [0.1, 0.15) is 38.3 Å². The van der Waals surface area contributed by atoms with Crippen LogP contribution < -0.4 is 10.6 Å². The molecule has 1 amide bonds. The first kappa shape index (κ1) is 21.7. The zero-order valence-corrected chi connectivity index (χ0v) is 18.0. The molecule has 5 nitrogen and oxygen atoms in total. The third-order valence-corrected chi connectivity index (χ3v) is 4.18. The number of likely N-dealkylation sites (tertiary alicyclic amines) is 1. The number of benzene rings is 1. The molecular formula is C19H31IN4O. The van der Waals surface area contributed by atoms with E-state index in [1.807, 2.05) is 18.7 Å². The lowest BCUT2D eigenvalue weighted by molar-refractivity contribution is -0.133. The van der Waals surface area contributed by atoms with Gasteiger partial charge in [-0.05, 0) is 25.8 Å². The van der Waals surface area contributed by atoms with Gasteiger partial charge in [-0.15, -0.1) is 24.0 Å². The predicted molar refractivity (Wildman–Crippen MR) is 114 cm³/mol. The topological polar surface area (TPSA) is 56.7 Å². The lowest BCUT2D eigenvalue weighted by atomic mass is 10.1. The number of amides is 1. The quantitative estimate of drug-likeness (QED) is 0.406. The second-order valence-corrected chi connectivity index (χ2v) is 6.75. The van der Waals surface area contributed by atoms with Crippen molar-refractivity contribution in [3.05, 3.63) is 35.4 Å². The van der Waals surface area contributed by atoms with E-state index in [1.165, 1.54) is 11.1 Å². The van der Waals surface area contributed by atoms with Crippen molar-refractivity contribution in [3.63, 3.8) is 0 Å². The zero-order chi connectivity index (χ0) is 17.5. The van der Waals surface area contributed by atoms with Gasteiger partial charge in [-0.1, -0.05) is 43.7 Å². The third-order valence-electron chi connectivity index (χ3n) is 4.18. The molecule has 1 aliphatic heterocycles. The van der Waals surface area contributed by atoms with Gasteiger partial charge in [-0.25, -0.2) is 4.99 Å². The SMILES string of the molecule is CCNC(=NCc1cccc(C)c1)NC1CCN(C(=O)C(C)C)C1.I. The minimum Gasteiger partial charge on any atom is -0.357 e. The normalized spacial score (nSPS) is 17.4. The van der Waals surface area contributed by atoms with Gasteiger partial charge in [0.15, 0.2) is 5.96 Å². The van der Waals surface area contributed by atoms with Crippen molar-refractivity contribution in [1.82, 2.24) is 15.5 Å². The van der Waals surface area contributed by atoms with Crippen LogP contribution in [0.3, 0.4) is 0 Å². The summed E-state index contributed by atoms with van der Waals surface area (Å²) in [5, 5.41) is 6.77. The molecule has 6 heteroatoms. The predicted octanol–water partition coefficient (Wildman–Crippen LogP) is 2.93. The average Bonchev–Trinajstić information content (AvgIpc) is 3.00. The van der Waals surface area contributed by atoms with Gasteiger partial charge in [0.2, 0.25) is 5.91 Å². The third kappa shape index (κ3) is 6.84. The molecule has 2 N–H and O–H groups in total. The summed E-state index contributed by atoms with van der Waals surface area (Å²) >= 11 is 0. The lowest BCUT2D eigenvalue weighted by Crippen LogP contribution is -2.45. The summed E-state index contributed by atoms with van der Waals surface area (Å²) in [5.74, 6) is 1.12. The number of rotatable bonds is 5. The van der Waals surface area contributed by atoms with Crippen molar-refractivity contribution in [2.75, 3.05) is 19.6 Å². The number of nitrogens with zero attached hydrogens (tertiary/aromatic N) is 2. The molecule has 1 aliphatic rings. The van der Waals surface area contributed by atoms with E-state index in [2.05, 4.69) is 53.7 Å². The molecule has 0 bridgehead atoms. The van der Waals surface area contributed by atoms with Crippen LogP contribution in [0.5, 0.6) is 0 Å². The Kier molecular flexibility index (Phi) is 9.24. The highest BCUT2D eigenvalue weighted by molar-refractivity contribution is 14.0. The van der Waals surface area contributed by atoms with Crippen molar-refractivity contribution >= 4 is 35.8 Å². The Morgan fingerprint density at radius 2 is 2.16 bits per heavy atom. The number of carbonyl (C=O) groups is 1. The van der Waals surface area contributed by atoms with Gasteiger partial charge < -0.3 is 15.5 Å². The Labute approximate surface area is 168 Å². The fraction of sp³-hybridized carbons (Fsp3) is 0.579. The Morgan fingerprint density at radius 1 is 1.40 bits per heavy atom. The molecule has 140 valence electrons. The van der Waals surface area contributed by atoms with E-state index < -0.39 is 0 Å². The molecule has 0 aromatic heterocycles. The summed E-state index contributed by atoms with van der Waals surface area (Å²) in [7, 11) is 0. The maximum Gasteiger partial charge on any atom is 0.225 e. The molecule has 1 aromatic carbocycles. The van der Waals surface area contributed by atoms with Gasteiger partial charge in [0.1, 0.15) is 0 Å². The van der Waals surface area contributed by atoms with Crippen LogP contribution in [0.25, 0.3) is 0 Å². The van der Waals surface area contributed by atoms with E-state index in [-0.39, 0.29) is 41.8 Å². The van der Waals surface area contributed by atoms with Crippen molar-refractivity contribution < 1.29 is 4.79 Å². The Bertz CT molecular complexity index is 589. The first-order valence-corrected chi connectivity index (χ1v) is 8.88. The molecule has 25 heavy (non-hydrogen) atoms. The monoisotopic (exact) mass is 458 g/mol. The van der Waals surface area contributed by atoms with Crippen molar-refractivity contribution in [2.45, 2.75) is 46.7 Å². The van der Waals surface area contributed by atoms with Gasteiger partial charge in [-0.2, -0.15) is 0 Å². The summed E-state index contributed by atoms with van der Waals surface area (Å²) in [6.45, 7) is 11.1. The molecule has 0 aliphatic carbocycles. The van der Waals surface area contributed by atoms with Crippen LogP contribution in [0, 0.1) is 12.8 Å². The zero-order valence-electron chi connectivity index (χ0n) is 15.7. The highest BCUT2D eigenvalue weighted by atomic mass is 127. The summed E-state index contributed by atoms with van der Waals surface area (Å²) in [5.41, 5.74) is 2.45. The van der Waals surface area contributed by atoms with Gasteiger partial charge in [0.05, 0.1) is 6.54 Å². The van der Waals surface area contributed by atoms with Crippen LogP contribution in [-0.4, -0.2) is 42.4 Å². The van der Waals surface area contributed by atoms with Gasteiger partial charge in [0.25, 0.3) is 0 Å². The molecule has 0 saturated carbocycles. The number of aliphatic imine (C=N–C) groups is 1. The lowest BCUT2D eigenvalue weighted by Gasteiger charge is -2.20. The number of guanidine groups is 1. The van der Waals surface area contributed by atoms with Crippen LogP contribution in [0.15, 0.2) is 29.3 Å². The van der Waals surface area contributed by atoms with Crippen molar-refractivity contribution in [1.29, 1.82) is 0 Å². The Balaban J connectivity index is 0.00000312. The molecule has 1 atom stereocenters. The number of carbonyl (C=O) groups excluding carboxylic acids is 1. The molecule has 1 fully saturated rings. The molecule has 1 unspecified atom stereocenters. The number of aryl methyl sites for hydroxylation is 1. The Morgan fingerprint density at radius 3 is 2.80 bits per heavy atom. The molecule has 2 rings (SSSR count). The van der Waals surface area contributed by atoms with Gasteiger partial charge in [0, 0.05) is 31.6 Å². The first-order chi connectivity index (χ1) is 11.5. The van der Waals surface area contributed by atoms with E-state index in [0.717, 1.165) is 32.0 Å². The Hall–Kier alpha value is -1.31. The number of halogens is 1. The second kappa shape index (κ2) is 10.6. The molecular weight excluding hydrogens is 427 g/mol. The van der Waals surface area contributed by atoms with Crippen LogP contribution in [0.4, 0.5) is 0 Å². The summed E-state index contributed by atoms with van der Waals surface area (Å²) in [6.07, 6.45) is 0.966. The number of hydrogen-bond acceptors (Lipinski definition) is 2.